The third kappa shape index (κ3) is 9.21. The van der Waals surface area contributed by atoms with Gasteiger partial charge in [-0.25, -0.2) is 0 Å². The highest BCUT2D eigenvalue weighted by Crippen LogP contribution is 2.01. The van der Waals surface area contributed by atoms with Gasteiger partial charge in [0.05, 0.1) is 0 Å². The number of esters is 1. The van der Waals surface area contributed by atoms with E-state index in [1.807, 2.05) is 27.7 Å². The van der Waals surface area contributed by atoms with Crippen molar-refractivity contribution in [3.8, 4) is 0 Å². The van der Waals surface area contributed by atoms with Gasteiger partial charge in [-0.3, -0.25) is 4.79 Å². The lowest BCUT2D eigenvalue weighted by molar-refractivity contribution is -0.137. The number of carbonyl (C=O) groups is 1. The van der Waals surface area contributed by atoms with Gasteiger partial charge in [0.25, 0.3) is 0 Å². The topological polar surface area (TPSA) is 26.3 Å². The Hall–Kier alpha value is -0.790. The van der Waals surface area contributed by atoms with Crippen molar-refractivity contribution < 1.29 is 9.53 Å². The van der Waals surface area contributed by atoms with Gasteiger partial charge in [0, 0.05) is 13.3 Å². The van der Waals surface area contributed by atoms with Gasteiger partial charge in [-0.15, -0.1) is 0 Å². The van der Waals surface area contributed by atoms with E-state index >= 15 is 0 Å². The van der Waals surface area contributed by atoms with E-state index in [9.17, 15) is 4.79 Å². The zero-order valence-electron chi connectivity index (χ0n) is 8.10. The summed E-state index contributed by atoms with van der Waals surface area (Å²) in [7, 11) is 0. The number of hydrogen-bond acceptors (Lipinski definition) is 2. The lowest BCUT2D eigenvalue weighted by atomic mass is 10.4. The van der Waals surface area contributed by atoms with Crippen molar-refractivity contribution in [2.24, 2.45) is 0 Å². The van der Waals surface area contributed by atoms with E-state index in [1.54, 1.807) is 6.08 Å². The minimum Gasteiger partial charge on any atom is -0.432 e. The fourth-order valence-electron chi connectivity index (χ4n) is 0.520. The van der Waals surface area contributed by atoms with Crippen LogP contribution in [0.1, 0.15) is 41.0 Å². The first-order valence-corrected chi connectivity index (χ1v) is 4.04. The molecule has 2 heteroatoms. The molecule has 2 nitrogen and oxygen atoms in total. The summed E-state index contributed by atoms with van der Waals surface area (Å²) in [5.41, 5.74) is 0. The van der Waals surface area contributed by atoms with Crippen molar-refractivity contribution in [2.45, 2.75) is 41.0 Å². The van der Waals surface area contributed by atoms with Crippen LogP contribution < -0.4 is 0 Å². The van der Waals surface area contributed by atoms with E-state index in [2.05, 4.69) is 0 Å². The summed E-state index contributed by atoms with van der Waals surface area (Å²) in [4.78, 5) is 10.3. The molecular formula is C9H18O2. The molecule has 0 heterocycles. The summed E-state index contributed by atoms with van der Waals surface area (Å²) < 4.78 is 4.77. The molecule has 0 aromatic carbocycles. The van der Waals surface area contributed by atoms with Crippen molar-refractivity contribution in [2.75, 3.05) is 0 Å². The molecule has 66 valence electrons. The van der Waals surface area contributed by atoms with Gasteiger partial charge in [0.2, 0.25) is 0 Å². The standard InChI is InChI=1S/C7H12O2.C2H6/c1-4-7(5-2)9-6(3)8;1-2/h4H,5H2,1-3H3;1-2H3/b7-4-;. The van der Waals surface area contributed by atoms with Crippen LogP contribution in [0.3, 0.4) is 0 Å². The minimum absolute atomic E-state index is 0.245. The van der Waals surface area contributed by atoms with E-state index in [-0.39, 0.29) is 5.97 Å². The lowest BCUT2D eigenvalue weighted by Crippen LogP contribution is -1.96. The Balaban J connectivity index is 0. The van der Waals surface area contributed by atoms with Crippen LogP contribution in [0.2, 0.25) is 0 Å². The van der Waals surface area contributed by atoms with Crippen LogP contribution >= 0.6 is 0 Å². The van der Waals surface area contributed by atoms with Crippen LogP contribution in [0.4, 0.5) is 0 Å². The Morgan fingerprint density at radius 2 is 1.91 bits per heavy atom. The molecule has 0 bridgehead atoms. The van der Waals surface area contributed by atoms with Crippen LogP contribution in [-0.4, -0.2) is 5.97 Å². The normalized spacial score (nSPS) is 9.73. The molecule has 0 aromatic heterocycles. The van der Waals surface area contributed by atoms with Crippen LogP contribution in [-0.2, 0) is 9.53 Å². The van der Waals surface area contributed by atoms with Crippen molar-refractivity contribution in [1.29, 1.82) is 0 Å². The monoisotopic (exact) mass is 158 g/mol. The Morgan fingerprint density at radius 1 is 1.45 bits per heavy atom. The largest absolute Gasteiger partial charge is 0.432 e. The van der Waals surface area contributed by atoms with Crippen molar-refractivity contribution in [3.63, 3.8) is 0 Å². The van der Waals surface area contributed by atoms with Gasteiger partial charge in [0.1, 0.15) is 5.76 Å². The molecule has 0 aliphatic carbocycles. The Kier molecular flexibility index (Phi) is 10.8. The third-order valence-corrected chi connectivity index (χ3v) is 0.945. The fourth-order valence-corrected chi connectivity index (χ4v) is 0.520. The number of rotatable bonds is 2. The highest BCUT2D eigenvalue weighted by molar-refractivity contribution is 5.67. The molecule has 0 aromatic rings. The predicted molar refractivity (Wildman–Crippen MR) is 47.2 cm³/mol. The Labute approximate surface area is 69.3 Å². The predicted octanol–water partition coefficient (Wildman–Crippen LogP) is 2.89. The molecule has 0 atom stereocenters. The molecule has 0 unspecified atom stereocenters. The maximum atomic E-state index is 10.3. The number of ether oxygens (including phenoxy) is 1. The molecular weight excluding hydrogens is 140 g/mol. The molecule has 0 N–H and O–H groups in total. The first kappa shape index (κ1) is 12.8. The zero-order chi connectivity index (χ0) is 9.28. The number of allylic oxidation sites excluding steroid dienone is 2. The van der Waals surface area contributed by atoms with E-state index in [0.717, 1.165) is 12.2 Å². The second kappa shape index (κ2) is 9.21. The van der Waals surface area contributed by atoms with Crippen LogP contribution in [0.15, 0.2) is 11.8 Å². The second-order valence-electron chi connectivity index (χ2n) is 1.70. The van der Waals surface area contributed by atoms with Crippen molar-refractivity contribution in [3.05, 3.63) is 11.8 Å². The number of hydrogen-bond donors (Lipinski definition) is 0. The molecule has 0 aliphatic rings. The average molecular weight is 158 g/mol. The molecule has 0 saturated heterocycles. The zero-order valence-corrected chi connectivity index (χ0v) is 8.10. The van der Waals surface area contributed by atoms with Crippen LogP contribution in [0, 0.1) is 0 Å². The van der Waals surface area contributed by atoms with Gasteiger partial charge >= 0.3 is 5.97 Å². The van der Waals surface area contributed by atoms with Crippen LogP contribution in [0.5, 0.6) is 0 Å². The van der Waals surface area contributed by atoms with Gasteiger partial charge in [-0.1, -0.05) is 20.8 Å². The van der Waals surface area contributed by atoms with Gasteiger partial charge in [-0.05, 0) is 13.0 Å². The molecule has 0 saturated carbocycles. The van der Waals surface area contributed by atoms with Gasteiger partial charge in [-0.2, -0.15) is 0 Å². The maximum absolute atomic E-state index is 10.3. The Morgan fingerprint density at radius 3 is 2.00 bits per heavy atom. The molecule has 0 spiro atoms. The summed E-state index contributed by atoms with van der Waals surface area (Å²) >= 11 is 0. The van der Waals surface area contributed by atoms with Gasteiger partial charge < -0.3 is 4.74 Å². The minimum atomic E-state index is -0.245. The summed E-state index contributed by atoms with van der Waals surface area (Å²) in [6.07, 6.45) is 2.57. The summed E-state index contributed by atoms with van der Waals surface area (Å²) in [6, 6.07) is 0. The Bertz CT molecular complexity index is 126. The molecule has 0 amide bonds. The second-order valence-corrected chi connectivity index (χ2v) is 1.70. The van der Waals surface area contributed by atoms with Crippen molar-refractivity contribution >= 4 is 5.97 Å². The van der Waals surface area contributed by atoms with Crippen molar-refractivity contribution in [1.82, 2.24) is 0 Å². The third-order valence-electron chi connectivity index (χ3n) is 0.945. The van der Waals surface area contributed by atoms with Gasteiger partial charge in [0.15, 0.2) is 0 Å². The van der Waals surface area contributed by atoms with E-state index in [1.165, 1.54) is 6.92 Å². The highest BCUT2D eigenvalue weighted by Gasteiger charge is 1.95. The lowest BCUT2D eigenvalue weighted by Gasteiger charge is -2.00. The average Bonchev–Trinajstić information content (AvgIpc) is 2.03. The summed E-state index contributed by atoms with van der Waals surface area (Å²) in [5, 5.41) is 0. The van der Waals surface area contributed by atoms with E-state index in [0.29, 0.717) is 0 Å². The molecule has 0 fully saturated rings. The van der Waals surface area contributed by atoms with E-state index in [4.69, 9.17) is 4.74 Å². The maximum Gasteiger partial charge on any atom is 0.307 e. The molecule has 11 heavy (non-hydrogen) atoms. The summed E-state index contributed by atoms with van der Waals surface area (Å²) in [5.74, 6) is 0.493. The highest BCUT2D eigenvalue weighted by atomic mass is 16.5. The SMILES string of the molecule is C/C=C(/CC)OC(C)=O.CC. The van der Waals surface area contributed by atoms with Crippen LogP contribution in [0.25, 0.3) is 0 Å². The molecule has 0 aliphatic heterocycles. The smallest absolute Gasteiger partial charge is 0.307 e. The molecule has 0 radical (unpaired) electrons. The quantitative estimate of drug-likeness (QED) is 0.456. The number of carbonyl (C=O) groups excluding carboxylic acids is 1. The van der Waals surface area contributed by atoms with E-state index < -0.39 is 0 Å². The summed E-state index contributed by atoms with van der Waals surface area (Å²) in [6.45, 7) is 9.19. The first-order valence-electron chi connectivity index (χ1n) is 4.04. The fraction of sp³-hybridized carbons (Fsp3) is 0.667. The molecule has 0 rings (SSSR count). The first-order chi connectivity index (χ1) is 5.20.